The topological polar surface area (TPSA) is 98.5 Å². The van der Waals surface area contributed by atoms with Gasteiger partial charge in [0.05, 0.1) is 11.3 Å². The summed E-state index contributed by atoms with van der Waals surface area (Å²) in [6, 6.07) is 11.0. The molecule has 26 heavy (non-hydrogen) atoms. The monoisotopic (exact) mass is 392 g/mol. The number of para-hydroxylation sites is 1. The highest BCUT2D eigenvalue weighted by Crippen LogP contribution is 2.22. The summed E-state index contributed by atoms with van der Waals surface area (Å²) in [5.41, 5.74) is 6.20. The molecule has 0 aliphatic heterocycles. The van der Waals surface area contributed by atoms with Crippen LogP contribution in [0, 0.1) is 0 Å². The molecule has 0 atom stereocenters. The number of rotatable bonds is 6. The summed E-state index contributed by atoms with van der Waals surface area (Å²) >= 11 is 11.8. The highest BCUT2D eigenvalue weighted by Gasteiger charge is 2.11. The lowest BCUT2D eigenvalue weighted by Crippen LogP contribution is -2.22. The molecule has 0 radical (unpaired) electrons. The Morgan fingerprint density at radius 3 is 2.54 bits per heavy atom. The Balaban J connectivity index is 1.90. The Kier molecular flexibility index (Phi) is 6.77. The van der Waals surface area contributed by atoms with Crippen molar-refractivity contribution in [2.24, 2.45) is 5.73 Å². The fourth-order valence-corrected chi connectivity index (χ4v) is 2.44. The number of carbonyl (C=O) groups is 3. The van der Waals surface area contributed by atoms with Gasteiger partial charge in [0, 0.05) is 16.1 Å². The number of hydrogen-bond donors (Lipinski definition) is 2. The van der Waals surface area contributed by atoms with Crippen LogP contribution in [0.3, 0.4) is 0 Å². The molecule has 0 unspecified atom stereocenters. The van der Waals surface area contributed by atoms with Crippen molar-refractivity contribution in [2.45, 2.75) is 0 Å². The third-order valence-electron chi connectivity index (χ3n) is 3.17. The number of halogens is 2. The number of carbonyl (C=O) groups excluding carboxylic acids is 3. The fourth-order valence-electron chi connectivity index (χ4n) is 1.97. The zero-order chi connectivity index (χ0) is 19.1. The standard InChI is InChI=1S/C18H14Cl2N2O4/c19-12-7-5-11(14(20)9-12)6-8-17(24)26-10-16(23)22-15-4-2-1-3-13(15)18(21)25/h1-9H,10H2,(H2,21,25)(H,22,23)/b8-6+. The van der Waals surface area contributed by atoms with Gasteiger partial charge in [0.25, 0.3) is 11.8 Å². The summed E-state index contributed by atoms with van der Waals surface area (Å²) in [7, 11) is 0. The Morgan fingerprint density at radius 2 is 1.85 bits per heavy atom. The Hall–Kier alpha value is -2.83. The lowest BCUT2D eigenvalue weighted by molar-refractivity contribution is -0.142. The van der Waals surface area contributed by atoms with E-state index in [1.54, 1.807) is 24.3 Å². The van der Waals surface area contributed by atoms with Gasteiger partial charge in [-0.25, -0.2) is 4.79 Å². The molecule has 6 nitrogen and oxygen atoms in total. The van der Waals surface area contributed by atoms with Crippen LogP contribution in [-0.4, -0.2) is 24.4 Å². The maximum atomic E-state index is 11.9. The van der Waals surface area contributed by atoms with Crippen molar-refractivity contribution < 1.29 is 19.1 Å². The highest BCUT2D eigenvalue weighted by molar-refractivity contribution is 6.35. The van der Waals surface area contributed by atoms with Crippen LogP contribution in [0.25, 0.3) is 6.08 Å². The minimum absolute atomic E-state index is 0.157. The van der Waals surface area contributed by atoms with Crippen molar-refractivity contribution >= 4 is 52.7 Å². The van der Waals surface area contributed by atoms with E-state index in [1.165, 1.54) is 24.3 Å². The van der Waals surface area contributed by atoms with Crippen LogP contribution in [0.2, 0.25) is 10.0 Å². The van der Waals surface area contributed by atoms with E-state index in [-0.39, 0.29) is 11.3 Å². The largest absolute Gasteiger partial charge is 0.452 e. The van der Waals surface area contributed by atoms with E-state index in [9.17, 15) is 14.4 Å². The van der Waals surface area contributed by atoms with Crippen LogP contribution < -0.4 is 11.1 Å². The molecule has 2 aromatic carbocycles. The van der Waals surface area contributed by atoms with Crippen LogP contribution in [0.4, 0.5) is 5.69 Å². The Labute approximate surface area is 159 Å². The van der Waals surface area contributed by atoms with E-state index in [1.807, 2.05) is 0 Å². The van der Waals surface area contributed by atoms with Gasteiger partial charge in [-0.2, -0.15) is 0 Å². The molecule has 0 saturated carbocycles. The Bertz CT molecular complexity index is 881. The lowest BCUT2D eigenvalue weighted by atomic mass is 10.1. The molecular weight excluding hydrogens is 379 g/mol. The van der Waals surface area contributed by atoms with E-state index < -0.39 is 24.4 Å². The molecule has 0 aliphatic carbocycles. The molecule has 2 rings (SSSR count). The number of amides is 2. The zero-order valence-electron chi connectivity index (χ0n) is 13.4. The smallest absolute Gasteiger partial charge is 0.331 e. The Morgan fingerprint density at radius 1 is 1.12 bits per heavy atom. The average molecular weight is 393 g/mol. The summed E-state index contributed by atoms with van der Waals surface area (Å²) < 4.78 is 4.84. The van der Waals surface area contributed by atoms with Crippen molar-refractivity contribution in [1.82, 2.24) is 0 Å². The van der Waals surface area contributed by atoms with Crippen molar-refractivity contribution in [2.75, 3.05) is 11.9 Å². The van der Waals surface area contributed by atoms with Crippen LogP contribution in [0.1, 0.15) is 15.9 Å². The molecule has 2 amide bonds. The van der Waals surface area contributed by atoms with Gasteiger partial charge in [-0.1, -0.05) is 41.4 Å². The molecule has 0 saturated heterocycles. The van der Waals surface area contributed by atoms with Gasteiger partial charge in [0.15, 0.2) is 6.61 Å². The molecule has 0 heterocycles. The molecule has 0 aliphatic rings. The van der Waals surface area contributed by atoms with E-state index in [4.69, 9.17) is 33.7 Å². The first-order valence-corrected chi connectivity index (χ1v) is 8.11. The van der Waals surface area contributed by atoms with Gasteiger partial charge in [-0.15, -0.1) is 0 Å². The molecule has 2 aromatic rings. The number of anilines is 1. The molecule has 0 bridgehead atoms. The normalized spacial score (nSPS) is 10.5. The second-order valence-electron chi connectivity index (χ2n) is 5.06. The second kappa shape index (κ2) is 9.03. The fraction of sp³-hybridized carbons (Fsp3) is 0.0556. The molecular formula is C18H14Cl2N2O4. The van der Waals surface area contributed by atoms with Crippen molar-refractivity contribution in [3.63, 3.8) is 0 Å². The SMILES string of the molecule is NC(=O)c1ccccc1NC(=O)COC(=O)/C=C/c1ccc(Cl)cc1Cl. The number of esters is 1. The lowest BCUT2D eigenvalue weighted by Gasteiger charge is -2.08. The molecule has 0 fully saturated rings. The number of nitrogens with one attached hydrogen (secondary N) is 1. The first-order chi connectivity index (χ1) is 12.4. The van der Waals surface area contributed by atoms with Crippen LogP contribution in [0.5, 0.6) is 0 Å². The van der Waals surface area contributed by atoms with Crippen LogP contribution in [0.15, 0.2) is 48.5 Å². The maximum absolute atomic E-state index is 11.9. The molecule has 134 valence electrons. The molecule has 8 heteroatoms. The summed E-state index contributed by atoms with van der Waals surface area (Å²) in [6.07, 6.45) is 2.58. The number of ether oxygens (including phenoxy) is 1. The minimum Gasteiger partial charge on any atom is -0.452 e. The third-order valence-corrected chi connectivity index (χ3v) is 3.74. The summed E-state index contributed by atoms with van der Waals surface area (Å²) in [5.74, 6) is -2.01. The predicted octanol–water partition coefficient (Wildman–Crippen LogP) is 3.29. The molecule has 3 N–H and O–H groups in total. The molecule has 0 aromatic heterocycles. The summed E-state index contributed by atoms with van der Waals surface area (Å²) in [4.78, 5) is 34.8. The molecule has 0 spiro atoms. The second-order valence-corrected chi connectivity index (χ2v) is 5.91. The van der Waals surface area contributed by atoms with Gasteiger partial charge in [0.2, 0.25) is 0 Å². The third kappa shape index (κ3) is 5.61. The number of nitrogens with two attached hydrogens (primary N) is 1. The average Bonchev–Trinajstić information content (AvgIpc) is 2.59. The predicted molar refractivity (Wildman–Crippen MR) is 100 cm³/mol. The van der Waals surface area contributed by atoms with E-state index >= 15 is 0 Å². The maximum Gasteiger partial charge on any atom is 0.331 e. The van der Waals surface area contributed by atoms with Crippen molar-refractivity contribution in [1.29, 1.82) is 0 Å². The summed E-state index contributed by atoms with van der Waals surface area (Å²) in [5, 5.41) is 3.31. The van der Waals surface area contributed by atoms with Gasteiger partial charge >= 0.3 is 5.97 Å². The van der Waals surface area contributed by atoms with Gasteiger partial charge in [-0.05, 0) is 35.9 Å². The van der Waals surface area contributed by atoms with Crippen molar-refractivity contribution in [3.05, 3.63) is 69.7 Å². The highest BCUT2D eigenvalue weighted by atomic mass is 35.5. The van der Waals surface area contributed by atoms with E-state index in [2.05, 4.69) is 5.32 Å². The first-order valence-electron chi connectivity index (χ1n) is 7.35. The van der Waals surface area contributed by atoms with Crippen LogP contribution in [-0.2, 0) is 14.3 Å². The number of primary amides is 1. The van der Waals surface area contributed by atoms with Crippen LogP contribution >= 0.6 is 23.2 Å². The zero-order valence-corrected chi connectivity index (χ0v) is 14.9. The van der Waals surface area contributed by atoms with Gasteiger partial charge < -0.3 is 15.8 Å². The number of benzene rings is 2. The minimum atomic E-state index is -0.727. The van der Waals surface area contributed by atoms with E-state index in [0.717, 1.165) is 6.08 Å². The van der Waals surface area contributed by atoms with Gasteiger partial charge in [-0.3, -0.25) is 9.59 Å². The summed E-state index contributed by atoms with van der Waals surface area (Å²) in [6.45, 7) is -0.523. The first kappa shape index (κ1) is 19.5. The quantitative estimate of drug-likeness (QED) is 0.581. The van der Waals surface area contributed by atoms with E-state index in [0.29, 0.717) is 15.6 Å². The van der Waals surface area contributed by atoms with Crippen molar-refractivity contribution in [3.8, 4) is 0 Å². The van der Waals surface area contributed by atoms with Gasteiger partial charge in [0.1, 0.15) is 0 Å². The number of hydrogen-bond acceptors (Lipinski definition) is 4.